The van der Waals surface area contributed by atoms with Crippen LogP contribution in [0.2, 0.25) is 0 Å². The zero-order chi connectivity index (χ0) is 18.5. The molecule has 0 bridgehead atoms. The van der Waals surface area contributed by atoms with E-state index in [2.05, 4.69) is 15.3 Å². The van der Waals surface area contributed by atoms with Crippen molar-refractivity contribution in [1.29, 1.82) is 0 Å². The molecule has 2 N–H and O–H groups in total. The van der Waals surface area contributed by atoms with Crippen LogP contribution >= 0.6 is 0 Å². The number of ether oxygens (including phenoxy) is 3. The van der Waals surface area contributed by atoms with Gasteiger partial charge in [-0.1, -0.05) is 0 Å². The minimum atomic E-state index is 0.0754. The van der Waals surface area contributed by atoms with Crippen molar-refractivity contribution >= 4 is 17.5 Å². The number of hydrogen-bond donors (Lipinski definition) is 2. The van der Waals surface area contributed by atoms with Crippen molar-refractivity contribution in [3.63, 3.8) is 0 Å². The molecule has 8 nitrogen and oxygen atoms in total. The molecule has 1 fully saturated rings. The molecule has 0 radical (unpaired) electrons. The Morgan fingerprint density at radius 3 is 2.54 bits per heavy atom. The molecule has 0 amide bonds. The highest BCUT2D eigenvalue weighted by Crippen LogP contribution is 2.40. The molecule has 3 rings (SSSR count). The van der Waals surface area contributed by atoms with Crippen LogP contribution in [0.4, 0.5) is 17.5 Å². The molecule has 1 aliphatic heterocycles. The number of nitrogens with one attached hydrogen (secondary N) is 1. The molecule has 1 atom stereocenters. The van der Waals surface area contributed by atoms with Gasteiger partial charge in [-0.2, -0.15) is 4.98 Å². The summed E-state index contributed by atoms with van der Waals surface area (Å²) in [6.07, 6.45) is 3.68. The number of rotatable bonds is 7. The van der Waals surface area contributed by atoms with E-state index in [1.807, 2.05) is 17.0 Å². The minimum absolute atomic E-state index is 0.0754. The molecule has 26 heavy (non-hydrogen) atoms. The Morgan fingerprint density at radius 1 is 1.19 bits per heavy atom. The number of aromatic nitrogens is 2. The average molecular weight is 360 g/mol. The average Bonchev–Trinajstić information content (AvgIpc) is 3.16. The van der Waals surface area contributed by atoms with Crippen LogP contribution in [0.25, 0.3) is 0 Å². The maximum absolute atomic E-state index is 9.51. The van der Waals surface area contributed by atoms with E-state index in [9.17, 15) is 5.11 Å². The lowest BCUT2D eigenvalue weighted by molar-refractivity contribution is 0.265. The Balaban J connectivity index is 1.86. The second-order valence-electron chi connectivity index (χ2n) is 5.95. The second kappa shape index (κ2) is 8.09. The first-order chi connectivity index (χ1) is 12.7. The molecule has 2 aromatic rings. The first-order valence-corrected chi connectivity index (χ1v) is 8.47. The minimum Gasteiger partial charge on any atom is -0.493 e. The third kappa shape index (κ3) is 3.60. The number of hydrogen-bond acceptors (Lipinski definition) is 8. The molecule has 0 saturated carbocycles. The van der Waals surface area contributed by atoms with Gasteiger partial charge in [-0.25, -0.2) is 4.98 Å². The number of benzene rings is 1. The molecule has 140 valence electrons. The largest absolute Gasteiger partial charge is 0.493 e. The molecule has 0 aliphatic carbocycles. The highest BCUT2D eigenvalue weighted by Gasteiger charge is 2.26. The lowest BCUT2D eigenvalue weighted by Gasteiger charge is -2.23. The summed E-state index contributed by atoms with van der Waals surface area (Å²) in [5.41, 5.74) is 0.754. The van der Waals surface area contributed by atoms with Gasteiger partial charge >= 0.3 is 0 Å². The Labute approximate surface area is 152 Å². The van der Waals surface area contributed by atoms with Crippen LogP contribution in [-0.4, -0.2) is 55.6 Å². The van der Waals surface area contributed by atoms with Crippen LogP contribution in [0, 0.1) is 0 Å². The summed E-state index contributed by atoms with van der Waals surface area (Å²) in [6, 6.07) is 5.49. The predicted molar refractivity (Wildman–Crippen MR) is 98.9 cm³/mol. The highest BCUT2D eigenvalue weighted by atomic mass is 16.5. The predicted octanol–water partition coefficient (Wildman–Crippen LogP) is 2.21. The van der Waals surface area contributed by atoms with Crippen LogP contribution in [0.15, 0.2) is 24.4 Å². The van der Waals surface area contributed by atoms with Crippen LogP contribution in [0.5, 0.6) is 17.2 Å². The summed E-state index contributed by atoms with van der Waals surface area (Å²) in [6.45, 7) is 0.951. The fourth-order valence-electron chi connectivity index (χ4n) is 3.15. The summed E-state index contributed by atoms with van der Waals surface area (Å²) in [7, 11) is 4.72. The molecular weight excluding hydrogens is 336 g/mol. The Hall–Kier alpha value is -2.74. The second-order valence-corrected chi connectivity index (χ2v) is 5.95. The molecular formula is C18H24N4O4. The lowest BCUT2D eigenvalue weighted by Crippen LogP contribution is -2.33. The summed E-state index contributed by atoms with van der Waals surface area (Å²) in [5.74, 6) is 2.91. The van der Waals surface area contributed by atoms with Crippen LogP contribution in [0.3, 0.4) is 0 Å². The Kier molecular flexibility index (Phi) is 5.62. The lowest BCUT2D eigenvalue weighted by atomic mass is 10.2. The van der Waals surface area contributed by atoms with Crippen molar-refractivity contribution in [3.05, 3.63) is 24.4 Å². The third-order valence-corrected chi connectivity index (χ3v) is 4.42. The normalized spacial score (nSPS) is 16.5. The van der Waals surface area contributed by atoms with E-state index >= 15 is 0 Å². The zero-order valence-electron chi connectivity index (χ0n) is 15.2. The van der Waals surface area contributed by atoms with Gasteiger partial charge in [-0.15, -0.1) is 0 Å². The fourth-order valence-corrected chi connectivity index (χ4v) is 3.15. The zero-order valence-corrected chi connectivity index (χ0v) is 15.2. The van der Waals surface area contributed by atoms with Crippen LogP contribution < -0.4 is 24.4 Å². The van der Waals surface area contributed by atoms with E-state index in [0.717, 1.165) is 25.1 Å². The summed E-state index contributed by atoms with van der Waals surface area (Å²) >= 11 is 0. The van der Waals surface area contributed by atoms with E-state index in [1.54, 1.807) is 33.6 Å². The van der Waals surface area contributed by atoms with Crippen molar-refractivity contribution in [2.45, 2.75) is 18.9 Å². The number of aliphatic hydroxyl groups excluding tert-OH is 1. The molecule has 2 heterocycles. The molecule has 1 aromatic heterocycles. The standard InChI is InChI=1S/C18H24N4O4/c1-24-14-9-12(10-15(25-2)17(14)26-3)20-16-6-7-19-18(21-16)22-8-4-5-13(22)11-23/h6-7,9-10,13,23H,4-5,8,11H2,1-3H3,(H,19,20,21). The smallest absolute Gasteiger partial charge is 0.227 e. The van der Waals surface area contributed by atoms with Gasteiger partial charge in [-0.05, 0) is 18.9 Å². The number of anilines is 3. The molecule has 1 saturated heterocycles. The van der Waals surface area contributed by atoms with E-state index in [1.165, 1.54) is 0 Å². The first kappa shape index (κ1) is 18.1. The molecule has 8 heteroatoms. The Morgan fingerprint density at radius 2 is 1.92 bits per heavy atom. The Bertz CT molecular complexity index is 731. The number of nitrogens with zero attached hydrogens (tertiary/aromatic N) is 3. The monoisotopic (exact) mass is 360 g/mol. The van der Waals surface area contributed by atoms with Crippen molar-refractivity contribution in [2.24, 2.45) is 0 Å². The summed E-state index contributed by atoms with van der Waals surface area (Å²) in [5, 5.41) is 12.8. The van der Waals surface area contributed by atoms with Crippen molar-refractivity contribution in [2.75, 3.05) is 44.7 Å². The topological polar surface area (TPSA) is 89.0 Å². The maximum Gasteiger partial charge on any atom is 0.227 e. The number of methoxy groups -OCH3 is 3. The van der Waals surface area contributed by atoms with Gasteiger partial charge in [0.05, 0.1) is 34.0 Å². The van der Waals surface area contributed by atoms with Gasteiger partial charge in [0, 0.05) is 30.6 Å². The van der Waals surface area contributed by atoms with Crippen molar-refractivity contribution in [1.82, 2.24) is 9.97 Å². The van der Waals surface area contributed by atoms with Gasteiger partial charge < -0.3 is 29.5 Å². The molecule has 1 aromatic carbocycles. The molecule has 0 spiro atoms. The first-order valence-electron chi connectivity index (χ1n) is 8.47. The third-order valence-electron chi connectivity index (χ3n) is 4.42. The van der Waals surface area contributed by atoms with E-state index < -0.39 is 0 Å². The van der Waals surface area contributed by atoms with Gasteiger partial charge in [0.2, 0.25) is 11.7 Å². The van der Waals surface area contributed by atoms with E-state index in [4.69, 9.17) is 14.2 Å². The van der Waals surface area contributed by atoms with Gasteiger partial charge in [0.1, 0.15) is 5.82 Å². The maximum atomic E-state index is 9.51. The van der Waals surface area contributed by atoms with Gasteiger partial charge in [-0.3, -0.25) is 0 Å². The van der Waals surface area contributed by atoms with Gasteiger partial charge in [0.15, 0.2) is 11.5 Å². The van der Waals surface area contributed by atoms with Crippen LogP contribution in [-0.2, 0) is 0 Å². The summed E-state index contributed by atoms with van der Waals surface area (Å²) < 4.78 is 16.1. The van der Waals surface area contributed by atoms with Gasteiger partial charge in [0.25, 0.3) is 0 Å². The quantitative estimate of drug-likeness (QED) is 0.777. The summed E-state index contributed by atoms with van der Waals surface area (Å²) in [4.78, 5) is 11.0. The van der Waals surface area contributed by atoms with Crippen LogP contribution in [0.1, 0.15) is 12.8 Å². The highest BCUT2D eigenvalue weighted by molar-refractivity contribution is 5.67. The SMILES string of the molecule is COc1cc(Nc2ccnc(N3CCCC3CO)n2)cc(OC)c1OC. The molecule has 1 unspecified atom stereocenters. The fraction of sp³-hybridized carbons (Fsp3) is 0.444. The van der Waals surface area contributed by atoms with E-state index in [0.29, 0.717) is 29.0 Å². The van der Waals surface area contributed by atoms with E-state index in [-0.39, 0.29) is 12.6 Å². The molecule has 1 aliphatic rings. The van der Waals surface area contributed by atoms with Crippen molar-refractivity contribution in [3.8, 4) is 17.2 Å². The number of aliphatic hydroxyl groups is 1. The van der Waals surface area contributed by atoms with Crippen molar-refractivity contribution < 1.29 is 19.3 Å².